The monoisotopic (exact) mass is 460 g/mol. The van der Waals surface area contributed by atoms with Gasteiger partial charge in [0.05, 0.1) is 0 Å². The molecule has 1 atom stereocenters. The summed E-state index contributed by atoms with van der Waals surface area (Å²) < 4.78 is 11.1. The molecule has 0 saturated carbocycles. The third-order valence-corrected chi connectivity index (χ3v) is 6.30. The zero-order valence-electron chi connectivity index (χ0n) is 18.4. The van der Waals surface area contributed by atoms with Crippen molar-refractivity contribution < 1.29 is 23.8 Å². The van der Waals surface area contributed by atoms with Crippen molar-refractivity contribution in [2.75, 3.05) is 6.61 Å². The van der Waals surface area contributed by atoms with E-state index in [1.807, 2.05) is 30.3 Å². The molecule has 8 heteroatoms. The minimum Gasteiger partial charge on any atom is -0.484 e. The highest BCUT2D eigenvalue weighted by Crippen LogP contribution is 2.29. The smallest absolute Gasteiger partial charge is 0.339 e. The van der Waals surface area contributed by atoms with Crippen molar-refractivity contribution in [2.45, 2.75) is 38.1 Å². The number of aromatic nitrogens is 1. The highest BCUT2D eigenvalue weighted by molar-refractivity contribution is 5.87. The van der Waals surface area contributed by atoms with E-state index in [-0.39, 0.29) is 18.7 Å². The van der Waals surface area contributed by atoms with E-state index in [0.29, 0.717) is 11.3 Å². The van der Waals surface area contributed by atoms with Gasteiger partial charge in [-0.2, -0.15) is 0 Å². The number of ether oxygens (including phenoxy) is 1. The number of carboxylic acid groups (broad SMARTS) is 1. The molecule has 174 valence electrons. The van der Waals surface area contributed by atoms with Crippen LogP contribution in [0.4, 0.5) is 0 Å². The zero-order chi connectivity index (χ0) is 23.7. The Balaban J connectivity index is 1.26. The summed E-state index contributed by atoms with van der Waals surface area (Å²) in [6.07, 6.45) is 5.48. The first kappa shape index (κ1) is 21.8. The number of aliphatic carboxylic acids is 1. The minimum absolute atomic E-state index is 0.136. The largest absolute Gasteiger partial charge is 0.484 e. The van der Waals surface area contributed by atoms with Gasteiger partial charge in [-0.1, -0.05) is 18.2 Å². The van der Waals surface area contributed by atoms with Crippen LogP contribution in [0.5, 0.6) is 5.75 Å². The maximum Gasteiger partial charge on any atom is 0.339 e. The lowest BCUT2D eigenvalue weighted by Gasteiger charge is -2.17. The number of hydrogen-bond acceptors (Lipinski definition) is 5. The average Bonchev–Trinajstić information content (AvgIpc) is 3.25. The van der Waals surface area contributed by atoms with Crippen molar-refractivity contribution in [2.24, 2.45) is 0 Å². The molecule has 0 radical (unpaired) electrons. The molecule has 1 aliphatic carbocycles. The Morgan fingerprint density at radius 2 is 1.88 bits per heavy atom. The molecule has 4 aromatic rings. The number of hydrogen-bond donors (Lipinski definition) is 3. The standard InChI is InChI=1S/C26H24N2O6/c29-24(28-22(25(30)31)11-15-13-27-21-8-4-3-5-17(15)21)14-33-16-9-10-19-18-6-1-2-7-20(18)26(32)34-23(19)12-16/h3-5,8-10,12-13,22,27H,1-2,6-7,11,14H2,(H,28,29)(H,30,31). The lowest BCUT2D eigenvalue weighted by Crippen LogP contribution is -2.44. The maximum atomic E-state index is 12.5. The number of carbonyl (C=O) groups is 2. The molecule has 34 heavy (non-hydrogen) atoms. The quantitative estimate of drug-likeness (QED) is 0.364. The molecule has 1 unspecified atom stereocenters. The van der Waals surface area contributed by atoms with E-state index in [2.05, 4.69) is 10.3 Å². The number of fused-ring (bicyclic) bond motifs is 4. The van der Waals surface area contributed by atoms with Crippen molar-refractivity contribution in [1.29, 1.82) is 0 Å². The first-order chi connectivity index (χ1) is 16.5. The Labute approximate surface area is 194 Å². The van der Waals surface area contributed by atoms with Gasteiger partial charge in [0, 0.05) is 40.5 Å². The molecule has 5 rings (SSSR count). The number of aromatic amines is 1. The number of nitrogens with one attached hydrogen (secondary N) is 2. The summed E-state index contributed by atoms with van der Waals surface area (Å²) >= 11 is 0. The third-order valence-electron chi connectivity index (χ3n) is 6.30. The van der Waals surface area contributed by atoms with Crippen LogP contribution >= 0.6 is 0 Å². The highest BCUT2D eigenvalue weighted by atomic mass is 16.5. The van der Waals surface area contributed by atoms with E-state index in [1.54, 1.807) is 18.3 Å². The van der Waals surface area contributed by atoms with Crippen molar-refractivity contribution in [3.63, 3.8) is 0 Å². The lowest BCUT2D eigenvalue weighted by molar-refractivity contribution is -0.142. The number of H-pyrrole nitrogens is 1. The molecule has 8 nitrogen and oxygen atoms in total. The van der Waals surface area contributed by atoms with Crippen LogP contribution in [0.3, 0.4) is 0 Å². The van der Waals surface area contributed by atoms with Crippen molar-refractivity contribution in [1.82, 2.24) is 10.3 Å². The SMILES string of the molecule is O=C(COc1ccc2c3c(c(=O)oc2c1)CCCC3)NC(Cc1c[nH]c2ccccc12)C(=O)O. The van der Waals surface area contributed by atoms with E-state index >= 15 is 0 Å². The number of rotatable bonds is 7. The number of carbonyl (C=O) groups excluding carboxylic acids is 1. The highest BCUT2D eigenvalue weighted by Gasteiger charge is 2.22. The molecule has 1 aliphatic rings. The fourth-order valence-electron chi connectivity index (χ4n) is 4.62. The first-order valence-corrected chi connectivity index (χ1v) is 11.3. The summed E-state index contributed by atoms with van der Waals surface area (Å²) in [5.74, 6) is -1.32. The Morgan fingerprint density at radius 3 is 2.71 bits per heavy atom. The predicted octanol–water partition coefficient (Wildman–Crippen LogP) is 3.34. The Kier molecular flexibility index (Phi) is 5.79. The van der Waals surface area contributed by atoms with Crippen LogP contribution in [-0.2, 0) is 28.9 Å². The van der Waals surface area contributed by atoms with Gasteiger partial charge in [-0.25, -0.2) is 9.59 Å². The van der Waals surface area contributed by atoms with E-state index < -0.39 is 17.9 Å². The van der Waals surface area contributed by atoms with Gasteiger partial charge in [-0.15, -0.1) is 0 Å². The number of benzene rings is 2. The Hall–Kier alpha value is -4.07. The molecule has 0 aliphatic heterocycles. The summed E-state index contributed by atoms with van der Waals surface area (Å²) in [5.41, 5.74) is 3.59. The summed E-state index contributed by atoms with van der Waals surface area (Å²) in [6.45, 7) is -0.363. The van der Waals surface area contributed by atoms with Crippen LogP contribution in [-0.4, -0.2) is 34.6 Å². The normalized spacial score (nSPS) is 14.0. The van der Waals surface area contributed by atoms with Crippen LogP contribution in [0, 0.1) is 0 Å². The second-order valence-corrected chi connectivity index (χ2v) is 8.52. The molecule has 0 fully saturated rings. The fourth-order valence-corrected chi connectivity index (χ4v) is 4.62. The topological polar surface area (TPSA) is 122 Å². The summed E-state index contributed by atoms with van der Waals surface area (Å²) in [5, 5.41) is 13.9. The lowest BCUT2D eigenvalue weighted by atomic mass is 9.91. The molecule has 0 spiro atoms. The van der Waals surface area contributed by atoms with Crippen molar-refractivity contribution in [3.05, 3.63) is 75.8 Å². The molecular formula is C26H24N2O6. The third kappa shape index (κ3) is 4.26. The average molecular weight is 460 g/mol. The number of para-hydroxylation sites is 1. The van der Waals surface area contributed by atoms with E-state index in [4.69, 9.17) is 9.15 Å². The van der Waals surface area contributed by atoms with Gasteiger partial charge in [0.1, 0.15) is 17.4 Å². The van der Waals surface area contributed by atoms with Gasteiger partial charge in [0.25, 0.3) is 5.91 Å². The van der Waals surface area contributed by atoms with Crippen LogP contribution < -0.4 is 15.7 Å². The summed E-state index contributed by atoms with van der Waals surface area (Å²) in [7, 11) is 0. The van der Waals surface area contributed by atoms with Gasteiger partial charge in [-0.3, -0.25) is 4.79 Å². The minimum atomic E-state index is -1.13. The van der Waals surface area contributed by atoms with Crippen molar-refractivity contribution in [3.8, 4) is 5.75 Å². The van der Waals surface area contributed by atoms with Gasteiger partial charge >= 0.3 is 11.6 Å². The molecule has 2 aromatic carbocycles. The van der Waals surface area contributed by atoms with E-state index in [9.17, 15) is 19.5 Å². The maximum absolute atomic E-state index is 12.5. The zero-order valence-corrected chi connectivity index (χ0v) is 18.4. The second-order valence-electron chi connectivity index (χ2n) is 8.52. The Morgan fingerprint density at radius 1 is 1.09 bits per heavy atom. The van der Waals surface area contributed by atoms with Gasteiger partial charge < -0.3 is 24.6 Å². The van der Waals surface area contributed by atoms with Crippen LogP contribution in [0.1, 0.15) is 29.5 Å². The molecule has 0 bridgehead atoms. The molecule has 1 amide bonds. The van der Waals surface area contributed by atoms with Crippen LogP contribution in [0.25, 0.3) is 21.9 Å². The fraction of sp³-hybridized carbons (Fsp3) is 0.269. The van der Waals surface area contributed by atoms with Crippen LogP contribution in [0.15, 0.2) is 57.9 Å². The number of carboxylic acids is 1. The summed E-state index contributed by atoms with van der Waals surface area (Å²) in [6, 6.07) is 11.6. The summed E-state index contributed by atoms with van der Waals surface area (Å²) in [4.78, 5) is 39.6. The van der Waals surface area contributed by atoms with Crippen LogP contribution in [0.2, 0.25) is 0 Å². The number of aryl methyl sites for hydroxylation is 1. The first-order valence-electron chi connectivity index (χ1n) is 11.3. The van der Waals surface area contributed by atoms with E-state index in [0.717, 1.165) is 58.7 Å². The molecule has 2 aromatic heterocycles. The van der Waals surface area contributed by atoms with Gasteiger partial charge in [-0.05, 0) is 55.0 Å². The second kappa shape index (κ2) is 9.05. The van der Waals surface area contributed by atoms with Gasteiger partial charge in [0.2, 0.25) is 0 Å². The van der Waals surface area contributed by atoms with Crippen molar-refractivity contribution >= 4 is 33.7 Å². The number of amides is 1. The van der Waals surface area contributed by atoms with Gasteiger partial charge in [0.15, 0.2) is 6.61 Å². The predicted molar refractivity (Wildman–Crippen MR) is 126 cm³/mol. The molecule has 2 heterocycles. The van der Waals surface area contributed by atoms with E-state index in [1.165, 1.54) is 0 Å². The Bertz CT molecular complexity index is 1450. The molecule has 0 saturated heterocycles. The molecule has 3 N–H and O–H groups in total. The molecular weight excluding hydrogens is 436 g/mol.